The molecule has 156 valence electrons. The van der Waals surface area contributed by atoms with Crippen molar-refractivity contribution in [2.75, 3.05) is 10.6 Å². The number of carbonyl (C=O) groups is 1. The largest absolute Gasteiger partial charge is 0.339 e. The lowest BCUT2D eigenvalue weighted by Gasteiger charge is -2.08. The predicted molar refractivity (Wildman–Crippen MR) is 128 cm³/mol. The molecule has 4 rings (SSSR count). The van der Waals surface area contributed by atoms with Crippen molar-refractivity contribution in [3.63, 3.8) is 0 Å². The van der Waals surface area contributed by atoms with E-state index >= 15 is 0 Å². The van der Waals surface area contributed by atoms with Crippen LogP contribution in [0, 0.1) is 11.8 Å². The molecule has 0 fully saturated rings. The van der Waals surface area contributed by atoms with Gasteiger partial charge in [-0.15, -0.1) is 0 Å². The summed E-state index contributed by atoms with van der Waals surface area (Å²) in [7, 11) is 0. The average Bonchev–Trinajstić information content (AvgIpc) is 2.80. The van der Waals surface area contributed by atoms with Crippen molar-refractivity contribution in [3.05, 3.63) is 114 Å². The number of hydrogen-bond acceptors (Lipinski definition) is 4. The van der Waals surface area contributed by atoms with Gasteiger partial charge in [0.25, 0.3) is 0 Å². The van der Waals surface area contributed by atoms with Crippen LogP contribution < -0.4 is 10.6 Å². The van der Waals surface area contributed by atoms with Gasteiger partial charge in [0.1, 0.15) is 12.1 Å². The second kappa shape index (κ2) is 10.1. The standard InChI is InChI=1S/C27H22N4O/c1-20(32)30-26-9-5-8-22(17-26)10-13-24-18-28-19-29-27(24)31-25-14-11-23(12-15-25)16-21-6-3-2-4-7-21/h2-9,11-12,14-15,17-19H,16H2,1H3,(H,30,32)(H,28,29,31). The SMILES string of the molecule is CC(=O)Nc1cccc(C#Cc2cncnc2Nc2ccc(Cc3ccccc3)cc2)c1. The molecule has 1 heterocycles. The summed E-state index contributed by atoms with van der Waals surface area (Å²) in [6.07, 6.45) is 4.07. The van der Waals surface area contributed by atoms with Crippen molar-refractivity contribution in [2.45, 2.75) is 13.3 Å². The fourth-order valence-electron chi connectivity index (χ4n) is 3.21. The summed E-state index contributed by atoms with van der Waals surface area (Å²) in [5.74, 6) is 6.76. The molecule has 0 bridgehead atoms. The van der Waals surface area contributed by atoms with Crippen molar-refractivity contribution in [1.29, 1.82) is 0 Å². The maximum atomic E-state index is 11.3. The summed E-state index contributed by atoms with van der Waals surface area (Å²) in [6.45, 7) is 1.48. The van der Waals surface area contributed by atoms with E-state index in [2.05, 4.69) is 68.8 Å². The van der Waals surface area contributed by atoms with Crippen LogP contribution in [-0.2, 0) is 11.2 Å². The average molecular weight is 419 g/mol. The Labute approximate surface area is 187 Å². The highest BCUT2D eigenvalue weighted by Gasteiger charge is 2.04. The van der Waals surface area contributed by atoms with E-state index < -0.39 is 0 Å². The zero-order valence-corrected chi connectivity index (χ0v) is 17.7. The van der Waals surface area contributed by atoms with E-state index in [1.807, 2.05) is 42.5 Å². The predicted octanol–water partition coefficient (Wildman–Crippen LogP) is 5.17. The van der Waals surface area contributed by atoms with E-state index in [1.165, 1.54) is 24.4 Å². The molecule has 0 saturated heterocycles. The Balaban J connectivity index is 1.49. The van der Waals surface area contributed by atoms with Crippen LogP contribution in [0.1, 0.15) is 29.2 Å². The summed E-state index contributed by atoms with van der Waals surface area (Å²) in [6, 6.07) is 26.1. The van der Waals surface area contributed by atoms with Crippen molar-refractivity contribution in [3.8, 4) is 11.8 Å². The van der Waals surface area contributed by atoms with E-state index in [4.69, 9.17) is 0 Å². The number of aromatic nitrogens is 2. The molecule has 3 aromatic carbocycles. The van der Waals surface area contributed by atoms with Gasteiger partial charge in [0.05, 0.1) is 5.56 Å². The molecule has 1 amide bonds. The van der Waals surface area contributed by atoms with Crippen LogP contribution in [0.3, 0.4) is 0 Å². The van der Waals surface area contributed by atoms with Crippen LogP contribution in [-0.4, -0.2) is 15.9 Å². The number of carbonyl (C=O) groups excluding carboxylic acids is 1. The second-order valence-corrected chi connectivity index (χ2v) is 7.28. The number of hydrogen-bond donors (Lipinski definition) is 2. The number of benzene rings is 3. The van der Waals surface area contributed by atoms with Crippen LogP contribution in [0.4, 0.5) is 17.2 Å². The molecule has 5 heteroatoms. The molecular weight excluding hydrogens is 396 g/mol. The monoisotopic (exact) mass is 418 g/mol. The van der Waals surface area contributed by atoms with E-state index in [-0.39, 0.29) is 5.91 Å². The van der Waals surface area contributed by atoms with Gasteiger partial charge in [0, 0.05) is 30.1 Å². The lowest BCUT2D eigenvalue weighted by molar-refractivity contribution is -0.114. The molecule has 5 nitrogen and oxygen atoms in total. The Morgan fingerprint density at radius 2 is 1.66 bits per heavy atom. The molecule has 0 aliphatic rings. The minimum Gasteiger partial charge on any atom is -0.339 e. The maximum Gasteiger partial charge on any atom is 0.221 e. The normalized spacial score (nSPS) is 10.0. The molecular formula is C27H22N4O. The number of nitrogens with zero attached hydrogens (tertiary/aromatic N) is 2. The van der Waals surface area contributed by atoms with Crippen LogP contribution in [0.15, 0.2) is 91.4 Å². The summed E-state index contributed by atoms with van der Waals surface area (Å²) in [5.41, 5.74) is 5.63. The van der Waals surface area contributed by atoms with Gasteiger partial charge in [0.15, 0.2) is 0 Å². The lowest BCUT2D eigenvalue weighted by Crippen LogP contribution is -2.05. The Bertz CT molecular complexity index is 1270. The van der Waals surface area contributed by atoms with E-state index in [0.717, 1.165) is 17.7 Å². The molecule has 0 unspecified atom stereocenters. The van der Waals surface area contributed by atoms with E-state index in [1.54, 1.807) is 6.20 Å². The lowest BCUT2D eigenvalue weighted by atomic mass is 10.0. The van der Waals surface area contributed by atoms with Crippen LogP contribution >= 0.6 is 0 Å². The molecule has 1 aromatic heterocycles. The van der Waals surface area contributed by atoms with Gasteiger partial charge in [-0.1, -0.05) is 60.4 Å². The Morgan fingerprint density at radius 3 is 2.44 bits per heavy atom. The molecule has 4 aromatic rings. The van der Waals surface area contributed by atoms with E-state index in [9.17, 15) is 4.79 Å². The highest BCUT2D eigenvalue weighted by molar-refractivity contribution is 5.88. The number of rotatable bonds is 5. The van der Waals surface area contributed by atoms with Gasteiger partial charge in [-0.2, -0.15) is 0 Å². The molecule has 32 heavy (non-hydrogen) atoms. The molecule has 0 saturated carbocycles. The van der Waals surface area contributed by atoms with Crippen LogP contribution in [0.5, 0.6) is 0 Å². The van der Waals surface area contributed by atoms with Gasteiger partial charge in [-0.05, 0) is 47.9 Å². The van der Waals surface area contributed by atoms with Crippen molar-refractivity contribution >= 4 is 23.1 Å². The first-order valence-electron chi connectivity index (χ1n) is 10.3. The summed E-state index contributed by atoms with van der Waals surface area (Å²) in [4.78, 5) is 19.7. The zero-order chi connectivity index (χ0) is 22.2. The Morgan fingerprint density at radius 1 is 0.875 bits per heavy atom. The topological polar surface area (TPSA) is 66.9 Å². The Hall–Kier alpha value is -4.43. The third-order valence-electron chi connectivity index (χ3n) is 4.70. The molecule has 0 aliphatic carbocycles. The number of nitrogens with one attached hydrogen (secondary N) is 2. The summed E-state index contributed by atoms with van der Waals surface area (Å²) >= 11 is 0. The minimum atomic E-state index is -0.118. The number of amides is 1. The van der Waals surface area contributed by atoms with Gasteiger partial charge >= 0.3 is 0 Å². The van der Waals surface area contributed by atoms with Gasteiger partial charge < -0.3 is 10.6 Å². The first kappa shape index (κ1) is 20.8. The van der Waals surface area contributed by atoms with Gasteiger partial charge in [0.2, 0.25) is 5.91 Å². The highest BCUT2D eigenvalue weighted by atomic mass is 16.1. The quantitative estimate of drug-likeness (QED) is 0.439. The van der Waals surface area contributed by atoms with E-state index in [0.29, 0.717) is 17.1 Å². The molecule has 0 atom stereocenters. The zero-order valence-electron chi connectivity index (χ0n) is 17.7. The second-order valence-electron chi connectivity index (χ2n) is 7.28. The fraction of sp³-hybridized carbons (Fsp3) is 0.0741. The fourth-order valence-corrected chi connectivity index (χ4v) is 3.21. The third-order valence-corrected chi connectivity index (χ3v) is 4.70. The Kier molecular flexibility index (Phi) is 6.54. The van der Waals surface area contributed by atoms with Gasteiger partial charge in [-0.3, -0.25) is 4.79 Å². The highest BCUT2D eigenvalue weighted by Crippen LogP contribution is 2.19. The smallest absolute Gasteiger partial charge is 0.221 e. The number of anilines is 3. The van der Waals surface area contributed by atoms with Crippen molar-refractivity contribution in [2.24, 2.45) is 0 Å². The summed E-state index contributed by atoms with van der Waals surface area (Å²) < 4.78 is 0. The van der Waals surface area contributed by atoms with Crippen LogP contribution in [0.25, 0.3) is 0 Å². The first-order chi connectivity index (χ1) is 15.7. The maximum absolute atomic E-state index is 11.3. The third kappa shape index (κ3) is 5.80. The molecule has 0 radical (unpaired) electrons. The molecule has 0 spiro atoms. The molecule has 0 aliphatic heterocycles. The van der Waals surface area contributed by atoms with Gasteiger partial charge in [-0.25, -0.2) is 9.97 Å². The van der Waals surface area contributed by atoms with Crippen LogP contribution in [0.2, 0.25) is 0 Å². The first-order valence-corrected chi connectivity index (χ1v) is 10.3. The van der Waals surface area contributed by atoms with Crippen molar-refractivity contribution < 1.29 is 4.79 Å². The summed E-state index contributed by atoms with van der Waals surface area (Å²) in [5, 5.41) is 6.09. The minimum absolute atomic E-state index is 0.118. The van der Waals surface area contributed by atoms with Crippen molar-refractivity contribution in [1.82, 2.24) is 9.97 Å². The molecule has 2 N–H and O–H groups in total.